The van der Waals surface area contributed by atoms with Gasteiger partial charge in [-0.15, -0.1) is 12.4 Å². The number of carbonyl (C=O) groups is 1. The van der Waals surface area contributed by atoms with Crippen molar-refractivity contribution >= 4 is 30.0 Å². The van der Waals surface area contributed by atoms with Crippen LogP contribution >= 0.6 is 24.0 Å². The standard InChI is InChI=1S/C13H16ClNO2.ClH/c1-15-7-5-12(6-8-15)17-13(16)10-3-2-4-11(14)9-10;/h2-4,9,12H,5-8H2,1H3;1H. The van der Waals surface area contributed by atoms with Crippen LogP contribution in [0.15, 0.2) is 24.3 Å². The van der Waals surface area contributed by atoms with Crippen molar-refractivity contribution in [3.63, 3.8) is 0 Å². The van der Waals surface area contributed by atoms with Crippen LogP contribution in [0.2, 0.25) is 5.02 Å². The summed E-state index contributed by atoms with van der Waals surface area (Å²) < 4.78 is 5.46. The van der Waals surface area contributed by atoms with Crippen LogP contribution in [0, 0.1) is 0 Å². The highest BCUT2D eigenvalue weighted by Crippen LogP contribution is 2.16. The maximum atomic E-state index is 11.9. The number of likely N-dealkylation sites (tertiary alicyclic amines) is 1. The molecule has 0 N–H and O–H groups in total. The highest BCUT2D eigenvalue weighted by molar-refractivity contribution is 6.30. The second-order valence-electron chi connectivity index (χ2n) is 4.42. The number of carbonyl (C=O) groups excluding carboxylic acids is 1. The van der Waals surface area contributed by atoms with E-state index in [1.165, 1.54) is 0 Å². The van der Waals surface area contributed by atoms with Crippen molar-refractivity contribution in [3.8, 4) is 0 Å². The average molecular weight is 290 g/mol. The largest absolute Gasteiger partial charge is 0.459 e. The number of hydrogen-bond donors (Lipinski definition) is 0. The summed E-state index contributed by atoms with van der Waals surface area (Å²) in [4.78, 5) is 14.1. The third-order valence-corrected chi connectivity index (χ3v) is 3.23. The van der Waals surface area contributed by atoms with Gasteiger partial charge in [-0.25, -0.2) is 4.79 Å². The molecule has 0 unspecified atom stereocenters. The molecular formula is C13H17Cl2NO2. The fraction of sp³-hybridized carbons (Fsp3) is 0.462. The molecular weight excluding hydrogens is 273 g/mol. The van der Waals surface area contributed by atoms with E-state index in [9.17, 15) is 4.79 Å². The van der Waals surface area contributed by atoms with Crippen LogP contribution in [-0.2, 0) is 4.74 Å². The van der Waals surface area contributed by atoms with Gasteiger partial charge in [0.1, 0.15) is 6.10 Å². The van der Waals surface area contributed by atoms with Crippen LogP contribution in [0.1, 0.15) is 23.2 Å². The van der Waals surface area contributed by atoms with Gasteiger partial charge in [0.25, 0.3) is 0 Å². The van der Waals surface area contributed by atoms with Crippen LogP contribution < -0.4 is 0 Å². The van der Waals surface area contributed by atoms with Crippen LogP contribution in [0.4, 0.5) is 0 Å². The lowest BCUT2D eigenvalue weighted by molar-refractivity contribution is 0.0139. The molecule has 0 amide bonds. The van der Waals surface area contributed by atoms with E-state index in [-0.39, 0.29) is 24.5 Å². The number of piperidine rings is 1. The van der Waals surface area contributed by atoms with E-state index in [1.54, 1.807) is 24.3 Å². The van der Waals surface area contributed by atoms with E-state index in [0.717, 1.165) is 25.9 Å². The van der Waals surface area contributed by atoms with Gasteiger partial charge in [-0.2, -0.15) is 0 Å². The summed E-state index contributed by atoms with van der Waals surface area (Å²) >= 11 is 5.84. The normalized spacial score (nSPS) is 17.0. The predicted octanol–water partition coefficient (Wildman–Crippen LogP) is 3.01. The molecule has 100 valence electrons. The summed E-state index contributed by atoms with van der Waals surface area (Å²) in [5.41, 5.74) is 0.524. The Morgan fingerprint density at radius 3 is 2.67 bits per heavy atom. The van der Waals surface area contributed by atoms with Gasteiger partial charge in [0, 0.05) is 18.1 Å². The topological polar surface area (TPSA) is 29.5 Å². The van der Waals surface area contributed by atoms with Gasteiger partial charge in [-0.05, 0) is 38.1 Å². The van der Waals surface area contributed by atoms with Crippen molar-refractivity contribution in [2.24, 2.45) is 0 Å². The second-order valence-corrected chi connectivity index (χ2v) is 4.85. The molecule has 0 aromatic heterocycles. The molecule has 1 fully saturated rings. The fourth-order valence-corrected chi connectivity index (χ4v) is 2.13. The van der Waals surface area contributed by atoms with E-state index < -0.39 is 0 Å². The molecule has 1 aromatic rings. The van der Waals surface area contributed by atoms with Gasteiger partial charge in [-0.1, -0.05) is 17.7 Å². The first kappa shape index (κ1) is 15.3. The summed E-state index contributed by atoms with van der Waals surface area (Å²) in [5, 5.41) is 0.558. The molecule has 0 spiro atoms. The summed E-state index contributed by atoms with van der Waals surface area (Å²) in [6.07, 6.45) is 1.85. The maximum absolute atomic E-state index is 11.9. The van der Waals surface area contributed by atoms with Crippen molar-refractivity contribution in [3.05, 3.63) is 34.9 Å². The Kier molecular flexibility index (Phi) is 5.93. The number of halogens is 2. The number of nitrogens with zero attached hydrogens (tertiary/aromatic N) is 1. The van der Waals surface area contributed by atoms with Crippen molar-refractivity contribution in [2.45, 2.75) is 18.9 Å². The number of rotatable bonds is 2. The average Bonchev–Trinajstić information content (AvgIpc) is 2.32. The van der Waals surface area contributed by atoms with Gasteiger partial charge in [-0.3, -0.25) is 0 Å². The van der Waals surface area contributed by atoms with E-state index in [0.29, 0.717) is 10.6 Å². The van der Waals surface area contributed by atoms with Crippen LogP contribution in [0.3, 0.4) is 0 Å². The number of benzene rings is 1. The third-order valence-electron chi connectivity index (χ3n) is 3.00. The molecule has 1 saturated heterocycles. The zero-order valence-corrected chi connectivity index (χ0v) is 11.8. The minimum absolute atomic E-state index is 0. The summed E-state index contributed by atoms with van der Waals surface area (Å²) in [5.74, 6) is -0.276. The van der Waals surface area contributed by atoms with Crippen molar-refractivity contribution in [1.29, 1.82) is 0 Å². The maximum Gasteiger partial charge on any atom is 0.338 e. The smallest absolute Gasteiger partial charge is 0.338 e. The van der Waals surface area contributed by atoms with E-state index >= 15 is 0 Å². The van der Waals surface area contributed by atoms with Crippen LogP contribution in [0.5, 0.6) is 0 Å². The van der Waals surface area contributed by atoms with Gasteiger partial charge < -0.3 is 9.64 Å². The molecule has 5 heteroatoms. The molecule has 1 heterocycles. The first-order chi connectivity index (χ1) is 8.15. The Morgan fingerprint density at radius 1 is 1.39 bits per heavy atom. The molecule has 0 saturated carbocycles. The van der Waals surface area contributed by atoms with Crippen LogP contribution in [-0.4, -0.2) is 37.1 Å². The molecule has 0 aliphatic carbocycles. The SMILES string of the molecule is CN1CCC(OC(=O)c2cccc(Cl)c2)CC1.Cl. The van der Waals surface area contributed by atoms with Crippen molar-refractivity contribution in [2.75, 3.05) is 20.1 Å². The summed E-state index contributed by atoms with van der Waals surface area (Å²) in [7, 11) is 2.08. The highest BCUT2D eigenvalue weighted by Gasteiger charge is 2.20. The molecule has 1 aliphatic heterocycles. The predicted molar refractivity (Wildman–Crippen MR) is 74.6 cm³/mol. The molecule has 0 radical (unpaired) electrons. The molecule has 2 rings (SSSR count). The molecule has 18 heavy (non-hydrogen) atoms. The van der Waals surface area contributed by atoms with Gasteiger partial charge in [0.05, 0.1) is 5.56 Å². The van der Waals surface area contributed by atoms with Crippen LogP contribution in [0.25, 0.3) is 0 Å². The van der Waals surface area contributed by atoms with Crippen molar-refractivity contribution < 1.29 is 9.53 Å². The van der Waals surface area contributed by atoms with E-state index in [2.05, 4.69) is 11.9 Å². The van der Waals surface area contributed by atoms with Gasteiger partial charge in [0.2, 0.25) is 0 Å². The second kappa shape index (κ2) is 6.98. The quantitative estimate of drug-likeness (QED) is 0.784. The molecule has 3 nitrogen and oxygen atoms in total. The first-order valence-corrected chi connectivity index (χ1v) is 6.18. The number of ether oxygens (including phenoxy) is 1. The Balaban J connectivity index is 0.00000162. The third kappa shape index (κ3) is 4.16. The summed E-state index contributed by atoms with van der Waals surface area (Å²) in [6, 6.07) is 6.86. The van der Waals surface area contributed by atoms with Gasteiger partial charge in [0.15, 0.2) is 0 Å². The zero-order chi connectivity index (χ0) is 12.3. The molecule has 0 bridgehead atoms. The molecule has 1 aliphatic rings. The van der Waals surface area contributed by atoms with E-state index in [1.807, 2.05) is 0 Å². The Bertz CT molecular complexity index is 404. The Hall–Kier alpha value is -0.770. The lowest BCUT2D eigenvalue weighted by Gasteiger charge is -2.28. The Labute approximate surface area is 118 Å². The highest BCUT2D eigenvalue weighted by atomic mass is 35.5. The molecule has 1 aromatic carbocycles. The van der Waals surface area contributed by atoms with Crippen molar-refractivity contribution in [1.82, 2.24) is 4.90 Å². The first-order valence-electron chi connectivity index (χ1n) is 5.80. The van der Waals surface area contributed by atoms with E-state index in [4.69, 9.17) is 16.3 Å². The number of esters is 1. The lowest BCUT2D eigenvalue weighted by atomic mass is 10.1. The Morgan fingerprint density at radius 2 is 2.06 bits per heavy atom. The lowest BCUT2D eigenvalue weighted by Crippen LogP contribution is -2.35. The summed E-state index contributed by atoms with van der Waals surface area (Å²) in [6.45, 7) is 1.96. The minimum Gasteiger partial charge on any atom is -0.459 e. The minimum atomic E-state index is -0.276. The van der Waals surface area contributed by atoms with Gasteiger partial charge >= 0.3 is 5.97 Å². The fourth-order valence-electron chi connectivity index (χ4n) is 1.94. The molecule has 0 atom stereocenters. The number of hydrogen-bond acceptors (Lipinski definition) is 3. The zero-order valence-electron chi connectivity index (χ0n) is 10.3. The monoisotopic (exact) mass is 289 g/mol.